The summed E-state index contributed by atoms with van der Waals surface area (Å²) in [4.78, 5) is 33.0. The third-order valence-corrected chi connectivity index (χ3v) is 7.74. The predicted molar refractivity (Wildman–Crippen MR) is 139 cm³/mol. The molecule has 34 heavy (non-hydrogen) atoms. The first kappa shape index (κ1) is 22.5. The summed E-state index contributed by atoms with van der Waals surface area (Å²) >= 11 is 4.02. The number of thiophene rings is 1. The number of fused-ring (bicyclic) bond motifs is 1. The number of hydrogen-bond acceptors (Lipinski definition) is 8. The molecule has 5 aromatic rings. The summed E-state index contributed by atoms with van der Waals surface area (Å²) in [6, 6.07) is 19.3. The lowest BCUT2D eigenvalue weighted by molar-refractivity contribution is -0.113. The monoisotopic (exact) mass is 505 g/mol. The molecule has 0 radical (unpaired) electrons. The van der Waals surface area contributed by atoms with Crippen molar-refractivity contribution >= 4 is 55.7 Å². The van der Waals surface area contributed by atoms with Crippen LogP contribution in [0, 0.1) is 13.8 Å². The van der Waals surface area contributed by atoms with Gasteiger partial charge in [-0.05, 0) is 31.5 Å². The molecule has 3 heterocycles. The van der Waals surface area contributed by atoms with Gasteiger partial charge in [0.1, 0.15) is 9.84 Å². The molecule has 0 aliphatic carbocycles. The summed E-state index contributed by atoms with van der Waals surface area (Å²) in [5.41, 5.74) is 2.44. The summed E-state index contributed by atoms with van der Waals surface area (Å²) in [6.07, 6.45) is 0. The standard InChI is InChI=1S/C24H19N5O2S3/c1-14-19(16-9-5-3-6-10-16)20-21(33-14)26-24(29(22(20)31)17-11-7-4-8-12-17)32-13-18(30)25-23-28-27-15(2)34-23/h3-12H,13H2,1-2H3,(H,25,28,30). The fourth-order valence-corrected chi connectivity index (χ4v) is 6.14. The number of amides is 1. The minimum Gasteiger partial charge on any atom is -0.300 e. The van der Waals surface area contributed by atoms with Gasteiger partial charge >= 0.3 is 0 Å². The summed E-state index contributed by atoms with van der Waals surface area (Å²) < 4.78 is 1.59. The zero-order valence-corrected chi connectivity index (χ0v) is 20.8. The van der Waals surface area contributed by atoms with Gasteiger partial charge in [-0.15, -0.1) is 21.5 Å². The number of carbonyl (C=O) groups is 1. The Balaban J connectivity index is 1.59. The lowest BCUT2D eigenvalue weighted by Gasteiger charge is -2.12. The first-order valence-corrected chi connectivity index (χ1v) is 13.0. The van der Waals surface area contributed by atoms with Crippen LogP contribution in [-0.4, -0.2) is 31.4 Å². The molecule has 0 bridgehead atoms. The Labute approximate surface area is 207 Å². The molecule has 0 fully saturated rings. The average molecular weight is 506 g/mol. The van der Waals surface area contributed by atoms with Gasteiger partial charge in [-0.3, -0.25) is 19.5 Å². The van der Waals surface area contributed by atoms with Crippen LogP contribution >= 0.6 is 34.4 Å². The Morgan fingerprint density at radius 2 is 1.71 bits per heavy atom. The number of para-hydroxylation sites is 1. The molecule has 10 heteroatoms. The fourth-order valence-electron chi connectivity index (χ4n) is 3.63. The van der Waals surface area contributed by atoms with Crippen molar-refractivity contribution in [1.82, 2.24) is 19.7 Å². The molecule has 170 valence electrons. The van der Waals surface area contributed by atoms with Gasteiger partial charge in [0.2, 0.25) is 11.0 Å². The maximum absolute atomic E-state index is 13.9. The highest BCUT2D eigenvalue weighted by Gasteiger charge is 2.21. The Hall–Kier alpha value is -3.34. The van der Waals surface area contributed by atoms with Crippen molar-refractivity contribution in [2.45, 2.75) is 19.0 Å². The number of carbonyl (C=O) groups excluding carboxylic acids is 1. The largest absolute Gasteiger partial charge is 0.300 e. The van der Waals surface area contributed by atoms with Crippen molar-refractivity contribution in [3.05, 3.63) is 80.9 Å². The smallest absolute Gasteiger partial charge is 0.268 e. The third kappa shape index (κ3) is 4.39. The highest BCUT2D eigenvalue weighted by Crippen LogP contribution is 2.37. The van der Waals surface area contributed by atoms with Crippen molar-refractivity contribution < 1.29 is 4.79 Å². The van der Waals surface area contributed by atoms with Crippen molar-refractivity contribution in [3.8, 4) is 16.8 Å². The number of nitrogens with zero attached hydrogens (tertiary/aromatic N) is 4. The van der Waals surface area contributed by atoms with E-state index in [1.165, 1.54) is 34.4 Å². The van der Waals surface area contributed by atoms with Crippen LogP contribution in [0.3, 0.4) is 0 Å². The first-order valence-electron chi connectivity index (χ1n) is 10.4. The van der Waals surface area contributed by atoms with E-state index >= 15 is 0 Å². The normalized spacial score (nSPS) is 11.1. The quantitative estimate of drug-likeness (QED) is 0.248. The summed E-state index contributed by atoms with van der Waals surface area (Å²) in [5.74, 6) is -0.151. The number of aryl methyl sites for hydroxylation is 2. The molecule has 7 nitrogen and oxygen atoms in total. The van der Waals surface area contributed by atoms with Crippen LogP contribution in [-0.2, 0) is 4.79 Å². The van der Waals surface area contributed by atoms with Crippen molar-refractivity contribution in [1.29, 1.82) is 0 Å². The molecule has 0 saturated carbocycles. The molecule has 0 aliphatic rings. The lowest BCUT2D eigenvalue weighted by Crippen LogP contribution is -2.22. The minimum absolute atomic E-state index is 0.0826. The number of hydrogen-bond donors (Lipinski definition) is 1. The topological polar surface area (TPSA) is 89.8 Å². The maximum Gasteiger partial charge on any atom is 0.268 e. The minimum atomic E-state index is -0.234. The van der Waals surface area contributed by atoms with E-state index in [1.54, 1.807) is 4.57 Å². The molecule has 0 unspecified atom stereocenters. The first-order chi connectivity index (χ1) is 16.5. The molecule has 0 aliphatic heterocycles. The van der Waals surface area contributed by atoms with Crippen LogP contribution < -0.4 is 10.9 Å². The van der Waals surface area contributed by atoms with Crippen LogP contribution in [0.25, 0.3) is 27.0 Å². The molecule has 2 aromatic carbocycles. The number of anilines is 1. The van der Waals surface area contributed by atoms with E-state index in [4.69, 9.17) is 4.98 Å². The van der Waals surface area contributed by atoms with Gasteiger partial charge in [0.15, 0.2) is 5.16 Å². The van der Waals surface area contributed by atoms with E-state index < -0.39 is 0 Å². The van der Waals surface area contributed by atoms with Crippen LogP contribution in [0.15, 0.2) is 70.6 Å². The number of nitrogens with one attached hydrogen (secondary N) is 1. The van der Waals surface area contributed by atoms with Gasteiger partial charge in [-0.2, -0.15) is 0 Å². The second-order valence-corrected chi connectivity index (χ2v) is 10.7. The molecule has 1 amide bonds. The predicted octanol–water partition coefficient (Wildman–Crippen LogP) is 5.31. The second kappa shape index (κ2) is 9.49. The van der Waals surface area contributed by atoms with Crippen LogP contribution in [0.5, 0.6) is 0 Å². The average Bonchev–Trinajstić information content (AvgIpc) is 3.40. The molecule has 3 aromatic heterocycles. The van der Waals surface area contributed by atoms with E-state index in [0.717, 1.165) is 21.0 Å². The summed E-state index contributed by atoms with van der Waals surface area (Å²) in [7, 11) is 0. The highest BCUT2D eigenvalue weighted by atomic mass is 32.2. The Morgan fingerprint density at radius 1 is 1.00 bits per heavy atom. The number of thioether (sulfide) groups is 1. The maximum atomic E-state index is 13.9. The lowest BCUT2D eigenvalue weighted by atomic mass is 10.0. The van der Waals surface area contributed by atoms with Crippen molar-refractivity contribution in [2.24, 2.45) is 0 Å². The number of aromatic nitrogens is 4. The Bertz CT molecular complexity index is 1540. The zero-order valence-electron chi connectivity index (χ0n) is 18.3. The Morgan fingerprint density at radius 3 is 2.38 bits per heavy atom. The van der Waals surface area contributed by atoms with Crippen LogP contribution in [0.4, 0.5) is 5.13 Å². The van der Waals surface area contributed by atoms with Gasteiger partial charge in [0, 0.05) is 10.4 Å². The van der Waals surface area contributed by atoms with Gasteiger partial charge in [0.25, 0.3) is 5.56 Å². The van der Waals surface area contributed by atoms with E-state index in [2.05, 4.69) is 15.5 Å². The third-order valence-electron chi connectivity index (χ3n) is 5.05. The van der Waals surface area contributed by atoms with Crippen LogP contribution in [0.1, 0.15) is 9.88 Å². The van der Waals surface area contributed by atoms with Crippen LogP contribution in [0.2, 0.25) is 0 Å². The van der Waals surface area contributed by atoms with Gasteiger partial charge in [-0.1, -0.05) is 71.6 Å². The zero-order chi connectivity index (χ0) is 23.7. The molecule has 0 saturated heterocycles. The molecular formula is C24H19N5O2S3. The SMILES string of the molecule is Cc1nnc(NC(=O)CSc2nc3sc(C)c(-c4ccccc4)c3c(=O)n2-c2ccccc2)s1. The molecule has 1 N–H and O–H groups in total. The molecule has 5 rings (SSSR count). The second-order valence-electron chi connectivity index (χ2n) is 7.41. The number of benzene rings is 2. The Kier molecular flexibility index (Phi) is 6.27. The highest BCUT2D eigenvalue weighted by molar-refractivity contribution is 7.99. The number of rotatable bonds is 6. The fraction of sp³-hybridized carbons (Fsp3) is 0.125. The van der Waals surface area contributed by atoms with Crippen molar-refractivity contribution in [2.75, 3.05) is 11.1 Å². The van der Waals surface area contributed by atoms with Crippen molar-refractivity contribution in [3.63, 3.8) is 0 Å². The summed E-state index contributed by atoms with van der Waals surface area (Å²) in [5, 5.41) is 12.9. The molecule has 0 spiro atoms. The summed E-state index contributed by atoms with van der Waals surface area (Å²) in [6.45, 7) is 3.83. The molecular weight excluding hydrogens is 486 g/mol. The van der Waals surface area contributed by atoms with E-state index in [9.17, 15) is 9.59 Å². The van der Waals surface area contributed by atoms with E-state index in [0.29, 0.717) is 26.2 Å². The van der Waals surface area contributed by atoms with E-state index in [1.807, 2.05) is 74.5 Å². The van der Waals surface area contributed by atoms with E-state index in [-0.39, 0.29) is 17.2 Å². The van der Waals surface area contributed by atoms with Gasteiger partial charge in [-0.25, -0.2) is 4.98 Å². The van der Waals surface area contributed by atoms with Gasteiger partial charge < -0.3 is 0 Å². The molecule has 0 atom stereocenters. The van der Waals surface area contributed by atoms with Gasteiger partial charge in [0.05, 0.1) is 16.8 Å².